The van der Waals surface area contributed by atoms with E-state index in [-0.39, 0.29) is 11.9 Å². The summed E-state index contributed by atoms with van der Waals surface area (Å²) >= 11 is 0. The molecule has 8 heteroatoms. The number of aliphatic imine (C=N–C) groups is 1. The predicted molar refractivity (Wildman–Crippen MR) is 113 cm³/mol. The van der Waals surface area contributed by atoms with Gasteiger partial charge in [-0.25, -0.2) is 4.98 Å². The van der Waals surface area contributed by atoms with Crippen molar-refractivity contribution in [3.05, 3.63) is 30.1 Å². The summed E-state index contributed by atoms with van der Waals surface area (Å²) in [5.41, 5.74) is 9.47. The molecule has 2 saturated heterocycles. The summed E-state index contributed by atoms with van der Waals surface area (Å²) in [5.74, 6) is 0.612. The molecule has 3 aliphatic rings. The lowest BCUT2D eigenvalue weighted by atomic mass is 10.1. The molecule has 150 valence electrons. The van der Waals surface area contributed by atoms with E-state index < -0.39 is 0 Å². The number of hydrogen-bond acceptors (Lipinski definition) is 7. The fraction of sp³-hybridized carbons (Fsp3) is 0.429. The van der Waals surface area contributed by atoms with Crippen LogP contribution >= 0.6 is 0 Å². The first kappa shape index (κ1) is 18.1. The van der Waals surface area contributed by atoms with Crippen LogP contribution in [0.4, 0.5) is 11.5 Å². The molecule has 0 bridgehead atoms. The molecule has 0 saturated carbocycles. The highest BCUT2D eigenvalue weighted by atomic mass is 16.5. The Morgan fingerprint density at radius 1 is 1.24 bits per heavy atom. The fourth-order valence-electron chi connectivity index (χ4n) is 4.40. The Morgan fingerprint density at radius 3 is 2.86 bits per heavy atom. The average Bonchev–Trinajstić information content (AvgIpc) is 3.45. The van der Waals surface area contributed by atoms with Crippen molar-refractivity contribution in [3.8, 4) is 0 Å². The number of hydrogen-bond donors (Lipinski definition) is 1. The molecule has 2 aromatic heterocycles. The molecule has 2 aromatic rings. The number of anilines is 2. The summed E-state index contributed by atoms with van der Waals surface area (Å²) in [6.45, 7) is 4.36. The van der Waals surface area contributed by atoms with Crippen molar-refractivity contribution in [3.63, 3.8) is 0 Å². The van der Waals surface area contributed by atoms with Gasteiger partial charge in [0.1, 0.15) is 17.4 Å². The minimum atomic E-state index is -0.288. The summed E-state index contributed by atoms with van der Waals surface area (Å²) in [5, 5.41) is 0.993. The van der Waals surface area contributed by atoms with Crippen molar-refractivity contribution in [2.24, 2.45) is 10.7 Å². The molecule has 3 aliphatic heterocycles. The molecule has 1 unspecified atom stereocenters. The highest BCUT2D eigenvalue weighted by Crippen LogP contribution is 2.37. The number of pyridine rings is 2. The van der Waals surface area contributed by atoms with E-state index in [4.69, 9.17) is 15.5 Å². The molecule has 1 amide bonds. The molecule has 0 aliphatic carbocycles. The molecule has 0 spiro atoms. The molecule has 5 heterocycles. The van der Waals surface area contributed by atoms with Gasteiger partial charge in [0.05, 0.1) is 31.1 Å². The molecule has 0 radical (unpaired) electrons. The van der Waals surface area contributed by atoms with Crippen molar-refractivity contribution in [2.75, 3.05) is 49.2 Å². The second-order valence-electron chi connectivity index (χ2n) is 7.59. The first-order valence-corrected chi connectivity index (χ1v) is 10.1. The van der Waals surface area contributed by atoms with Crippen LogP contribution < -0.4 is 15.5 Å². The van der Waals surface area contributed by atoms with Crippen LogP contribution in [0.25, 0.3) is 16.5 Å². The van der Waals surface area contributed by atoms with Gasteiger partial charge in [0.15, 0.2) is 0 Å². The highest BCUT2D eigenvalue weighted by molar-refractivity contribution is 6.02. The maximum Gasteiger partial charge on any atom is 0.240 e. The molecule has 0 aromatic carbocycles. The van der Waals surface area contributed by atoms with Gasteiger partial charge < -0.3 is 20.3 Å². The second-order valence-corrected chi connectivity index (χ2v) is 7.59. The van der Waals surface area contributed by atoms with Gasteiger partial charge in [-0.2, -0.15) is 0 Å². The Morgan fingerprint density at radius 2 is 2.10 bits per heavy atom. The van der Waals surface area contributed by atoms with E-state index in [1.165, 1.54) is 0 Å². The lowest BCUT2D eigenvalue weighted by molar-refractivity contribution is -0.119. The zero-order valence-electron chi connectivity index (χ0n) is 16.3. The van der Waals surface area contributed by atoms with E-state index in [1.54, 1.807) is 0 Å². The largest absolute Gasteiger partial charge is 0.378 e. The van der Waals surface area contributed by atoms with E-state index in [1.807, 2.05) is 24.6 Å². The van der Waals surface area contributed by atoms with Gasteiger partial charge in [0, 0.05) is 49.1 Å². The number of nitrogens with two attached hydrogens (primary N) is 1. The standard InChI is InChI=1S/C21H24N6O2/c22-21(28)16-2-1-7-27(16)17-12-18(26-8-10-29-11-9-26)25-20-15(17)4-6-24-19(20)14-3-5-23-13-14/h3-6,12,16H,1-2,7-11,13H2,(H2,22,28). The Kier molecular flexibility index (Phi) is 4.63. The minimum Gasteiger partial charge on any atom is -0.378 e. The molecule has 8 nitrogen and oxygen atoms in total. The number of fused-ring (bicyclic) bond motifs is 1. The summed E-state index contributed by atoms with van der Waals surface area (Å²) in [6, 6.07) is 3.79. The summed E-state index contributed by atoms with van der Waals surface area (Å²) in [4.78, 5) is 30.4. The normalized spacial score (nSPS) is 21.8. The average molecular weight is 392 g/mol. The topological polar surface area (TPSA) is 96.9 Å². The molecule has 29 heavy (non-hydrogen) atoms. The van der Waals surface area contributed by atoms with E-state index >= 15 is 0 Å². The van der Waals surface area contributed by atoms with E-state index in [0.717, 1.165) is 66.2 Å². The third-order valence-corrected chi connectivity index (χ3v) is 5.87. The molecule has 2 N–H and O–H groups in total. The summed E-state index contributed by atoms with van der Waals surface area (Å²) in [6.07, 6.45) is 7.34. The van der Waals surface area contributed by atoms with Crippen LogP contribution in [0, 0.1) is 0 Å². The lowest BCUT2D eigenvalue weighted by Crippen LogP contribution is -2.41. The van der Waals surface area contributed by atoms with Gasteiger partial charge >= 0.3 is 0 Å². The summed E-state index contributed by atoms with van der Waals surface area (Å²) < 4.78 is 5.51. The smallest absolute Gasteiger partial charge is 0.240 e. The maximum absolute atomic E-state index is 12.1. The van der Waals surface area contributed by atoms with Crippen LogP contribution in [0.2, 0.25) is 0 Å². The van der Waals surface area contributed by atoms with E-state index in [2.05, 4.69) is 25.8 Å². The van der Waals surface area contributed by atoms with Crippen LogP contribution in [-0.2, 0) is 9.53 Å². The number of carbonyl (C=O) groups is 1. The van der Waals surface area contributed by atoms with Crippen molar-refractivity contribution in [2.45, 2.75) is 18.9 Å². The molecular formula is C21H24N6O2. The Balaban J connectivity index is 1.69. The molecule has 1 atom stereocenters. The number of nitrogens with zero attached hydrogens (tertiary/aromatic N) is 5. The first-order valence-electron chi connectivity index (χ1n) is 10.1. The molecular weight excluding hydrogens is 368 g/mol. The van der Waals surface area contributed by atoms with Crippen molar-refractivity contribution in [1.29, 1.82) is 0 Å². The van der Waals surface area contributed by atoms with Crippen LogP contribution in [0.1, 0.15) is 18.5 Å². The molecule has 5 rings (SSSR count). The predicted octanol–water partition coefficient (Wildman–Crippen LogP) is 1.39. The number of amides is 1. The SMILES string of the molecule is NC(=O)C1CCCN1c1cc(N2CCOCC2)nc2c(C3=CC=NC3)nccc12. The highest BCUT2D eigenvalue weighted by Gasteiger charge is 2.31. The number of aromatic nitrogens is 2. The van der Waals surface area contributed by atoms with E-state index in [0.29, 0.717) is 19.8 Å². The van der Waals surface area contributed by atoms with Gasteiger partial charge in [-0.3, -0.25) is 14.8 Å². The molecule has 2 fully saturated rings. The van der Waals surface area contributed by atoms with Gasteiger partial charge in [0.2, 0.25) is 5.91 Å². The Labute approximate surface area is 169 Å². The second kappa shape index (κ2) is 7.44. The van der Waals surface area contributed by atoms with Crippen molar-refractivity contribution >= 4 is 40.1 Å². The first-order chi connectivity index (χ1) is 14.2. The third kappa shape index (κ3) is 3.23. The van der Waals surface area contributed by atoms with Crippen LogP contribution in [0.15, 0.2) is 29.4 Å². The van der Waals surface area contributed by atoms with E-state index in [9.17, 15) is 4.79 Å². The van der Waals surface area contributed by atoms with Crippen molar-refractivity contribution < 1.29 is 9.53 Å². The number of morpholine rings is 1. The van der Waals surface area contributed by atoms with Crippen LogP contribution in [0.5, 0.6) is 0 Å². The van der Waals surface area contributed by atoms with Crippen LogP contribution in [-0.4, -0.2) is 67.5 Å². The number of carbonyl (C=O) groups excluding carboxylic acids is 1. The quantitative estimate of drug-likeness (QED) is 0.845. The number of ether oxygens (including phenoxy) is 1. The third-order valence-electron chi connectivity index (χ3n) is 5.87. The lowest BCUT2D eigenvalue weighted by Gasteiger charge is -2.31. The zero-order chi connectivity index (χ0) is 19.8. The van der Waals surface area contributed by atoms with Crippen LogP contribution in [0.3, 0.4) is 0 Å². The van der Waals surface area contributed by atoms with Gasteiger partial charge in [-0.15, -0.1) is 0 Å². The fourth-order valence-corrected chi connectivity index (χ4v) is 4.40. The number of primary amides is 1. The van der Waals surface area contributed by atoms with Gasteiger partial charge in [0.25, 0.3) is 0 Å². The Hall–Kier alpha value is -3.00. The number of rotatable bonds is 4. The number of allylic oxidation sites excluding steroid dienone is 1. The van der Waals surface area contributed by atoms with Gasteiger partial charge in [-0.05, 0) is 25.0 Å². The van der Waals surface area contributed by atoms with Crippen molar-refractivity contribution in [1.82, 2.24) is 9.97 Å². The Bertz CT molecular complexity index is 1010. The monoisotopic (exact) mass is 392 g/mol. The zero-order valence-corrected chi connectivity index (χ0v) is 16.3. The summed E-state index contributed by atoms with van der Waals surface area (Å²) in [7, 11) is 0. The maximum atomic E-state index is 12.1. The van der Waals surface area contributed by atoms with Gasteiger partial charge in [-0.1, -0.05) is 0 Å². The minimum absolute atomic E-state index is 0.276.